The SMILES string of the molecule is CCNC(=NCC(C)N1CCN(CC)CC1)NCC(C)Oc1ccc(F)cc1. The molecule has 0 aromatic heterocycles. The van der Waals surface area contributed by atoms with Gasteiger partial charge in [0.25, 0.3) is 0 Å². The average Bonchev–Trinajstić information content (AvgIpc) is 2.71. The van der Waals surface area contributed by atoms with Crippen molar-refractivity contribution < 1.29 is 9.13 Å². The Bertz CT molecular complexity index is 587. The van der Waals surface area contributed by atoms with Crippen LogP contribution in [0.2, 0.25) is 0 Å². The van der Waals surface area contributed by atoms with Gasteiger partial charge >= 0.3 is 0 Å². The maximum absolute atomic E-state index is 13.0. The molecule has 6 nitrogen and oxygen atoms in total. The highest BCUT2D eigenvalue weighted by Crippen LogP contribution is 2.12. The molecule has 2 rings (SSSR count). The maximum atomic E-state index is 13.0. The van der Waals surface area contributed by atoms with E-state index in [1.165, 1.54) is 12.1 Å². The van der Waals surface area contributed by atoms with E-state index >= 15 is 0 Å². The van der Waals surface area contributed by atoms with Crippen LogP contribution in [0.3, 0.4) is 0 Å². The molecule has 28 heavy (non-hydrogen) atoms. The Kier molecular flexibility index (Phi) is 9.50. The molecule has 2 N–H and O–H groups in total. The second-order valence-electron chi connectivity index (χ2n) is 7.30. The fourth-order valence-corrected chi connectivity index (χ4v) is 3.23. The number of likely N-dealkylation sites (N-methyl/N-ethyl adjacent to an activating group) is 1. The Balaban J connectivity index is 1.78. The molecule has 1 heterocycles. The molecule has 1 aromatic rings. The molecule has 1 fully saturated rings. The minimum Gasteiger partial charge on any atom is -0.489 e. The largest absolute Gasteiger partial charge is 0.489 e. The van der Waals surface area contributed by atoms with Gasteiger partial charge in [-0.15, -0.1) is 0 Å². The van der Waals surface area contributed by atoms with Gasteiger partial charge in [-0.3, -0.25) is 9.89 Å². The number of guanidine groups is 1. The molecule has 0 aliphatic carbocycles. The molecule has 2 unspecified atom stereocenters. The van der Waals surface area contributed by atoms with E-state index < -0.39 is 0 Å². The highest BCUT2D eigenvalue weighted by Gasteiger charge is 2.20. The zero-order valence-electron chi connectivity index (χ0n) is 17.7. The Labute approximate surface area is 169 Å². The van der Waals surface area contributed by atoms with Crippen LogP contribution < -0.4 is 15.4 Å². The number of aliphatic imine (C=N–C) groups is 1. The Hall–Kier alpha value is -1.86. The van der Waals surface area contributed by atoms with Crippen LogP contribution in [0.1, 0.15) is 27.7 Å². The third-order valence-corrected chi connectivity index (χ3v) is 5.04. The first-order valence-electron chi connectivity index (χ1n) is 10.4. The van der Waals surface area contributed by atoms with Gasteiger partial charge in [0.1, 0.15) is 17.7 Å². The summed E-state index contributed by atoms with van der Waals surface area (Å²) in [6.07, 6.45) is -0.0612. The van der Waals surface area contributed by atoms with Crippen LogP contribution in [-0.2, 0) is 0 Å². The summed E-state index contributed by atoms with van der Waals surface area (Å²) in [6.45, 7) is 16.3. The standard InChI is InChI=1S/C21H36FN5O/c1-5-23-21(24-15-17(3)27-13-11-26(6-2)12-14-27)25-16-18(4)28-20-9-7-19(22)8-10-20/h7-10,17-18H,5-6,11-16H2,1-4H3,(H2,23,24,25). The van der Waals surface area contributed by atoms with Gasteiger partial charge in [0.15, 0.2) is 5.96 Å². The van der Waals surface area contributed by atoms with Crippen molar-refractivity contribution in [2.24, 2.45) is 4.99 Å². The van der Waals surface area contributed by atoms with E-state index in [-0.39, 0.29) is 11.9 Å². The van der Waals surface area contributed by atoms with E-state index in [4.69, 9.17) is 9.73 Å². The average molecular weight is 394 g/mol. The lowest BCUT2D eigenvalue weighted by atomic mass is 10.2. The molecule has 0 radical (unpaired) electrons. The Morgan fingerprint density at radius 3 is 2.39 bits per heavy atom. The van der Waals surface area contributed by atoms with Crippen LogP contribution in [0.4, 0.5) is 4.39 Å². The van der Waals surface area contributed by atoms with E-state index in [0.717, 1.165) is 51.8 Å². The first kappa shape index (κ1) is 22.4. The zero-order valence-corrected chi connectivity index (χ0v) is 17.7. The van der Waals surface area contributed by atoms with Crippen LogP contribution in [0.15, 0.2) is 29.3 Å². The number of nitrogens with zero attached hydrogens (tertiary/aromatic N) is 3. The van der Waals surface area contributed by atoms with Crippen molar-refractivity contribution in [3.63, 3.8) is 0 Å². The fourth-order valence-electron chi connectivity index (χ4n) is 3.23. The van der Waals surface area contributed by atoms with Crippen molar-refractivity contribution in [3.05, 3.63) is 30.1 Å². The predicted molar refractivity (Wildman–Crippen MR) is 114 cm³/mol. The number of hydrogen-bond donors (Lipinski definition) is 2. The van der Waals surface area contributed by atoms with Crippen molar-refractivity contribution >= 4 is 5.96 Å². The quantitative estimate of drug-likeness (QED) is 0.498. The number of nitrogens with one attached hydrogen (secondary N) is 2. The molecule has 0 spiro atoms. The summed E-state index contributed by atoms with van der Waals surface area (Å²) in [5.41, 5.74) is 0. The first-order valence-corrected chi connectivity index (χ1v) is 10.4. The number of benzene rings is 1. The van der Waals surface area contributed by atoms with E-state index in [1.54, 1.807) is 12.1 Å². The zero-order chi connectivity index (χ0) is 20.4. The summed E-state index contributed by atoms with van der Waals surface area (Å²) in [5.74, 6) is 1.21. The molecular weight excluding hydrogens is 357 g/mol. The van der Waals surface area contributed by atoms with Gasteiger partial charge in [0, 0.05) is 38.8 Å². The summed E-state index contributed by atoms with van der Waals surface area (Å²) in [5, 5.41) is 6.63. The van der Waals surface area contributed by atoms with E-state index in [0.29, 0.717) is 18.3 Å². The van der Waals surface area contributed by atoms with E-state index in [9.17, 15) is 4.39 Å². The highest BCUT2D eigenvalue weighted by atomic mass is 19.1. The van der Waals surface area contributed by atoms with Gasteiger partial charge in [-0.1, -0.05) is 6.92 Å². The summed E-state index contributed by atoms with van der Waals surface area (Å²) in [7, 11) is 0. The number of halogens is 1. The maximum Gasteiger partial charge on any atom is 0.191 e. The third kappa shape index (κ3) is 7.64. The Morgan fingerprint density at radius 2 is 1.79 bits per heavy atom. The molecule has 2 atom stereocenters. The van der Waals surface area contributed by atoms with E-state index in [1.807, 2.05) is 6.92 Å². The summed E-state index contributed by atoms with van der Waals surface area (Å²) in [4.78, 5) is 9.75. The van der Waals surface area contributed by atoms with Crippen LogP contribution in [-0.4, -0.2) is 80.3 Å². The molecule has 0 saturated carbocycles. The fraction of sp³-hybridized carbons (Fsp3) is 0.667. The molecule has 158 valence electrons. The van der Waals surface area contributed by atoms with Gasteiger partial charge in [0.2, 0.25) is 0 Å². The predicted octanol–water partition coefficient (Wildman–Crippen LogP) is 2.17. The summed E-state index contributed by atoms with van der Waals surface area (Å²) >= 11 is 0. The second kappa shape index (κ2) is 11.9. The van der Waals surface area contributed by atoms with Crippen molar-refractivity contribution in [2.75, 3.05) is 52.4 Å². The molecule has 1 aromatic carbocycles. The highest BCUT2D eigenvalue weighted by molar-refractivity contribution is 5.79. The van der Waals surface area contributed by atoms with Crippen molar-refractivity contribution in [1.29, 1.82) is 0 Å². The number of piperazine rings is 1. The van der Waals surface area contributed by atoms with Crippen molar-refractivity contribution in [2.45, 2.75) is 39.8 Å². The lowest BCUT2D eigenvalue weighted by Gasteiger charge is -2.37. The number of rotatable bonds is 9. The monoisotopic (exact) mass is 393 g/mol. The number of ether oxygens (including phenoxy) is 1. The van der Waals surface area contributed by atoms with Crippen molar-refractivity contribution in [1.82, 2.24) is 20.4 Å². The normalized spacial score (nSPS) is 18.5. The van der Waals surface area contributed by atoms with Crippen LogP contribution in [0.5, 0.6) is 5.75 Å². The van der Waals surface area contributed by atoms with Gasteiger partial charge in [-0.2, -0.15) is 0 Å². The molecule has 1 aliphatic rings. The molecule has 1 aliphatic heterocycles. The van der Waals surface area contributed by atoms with Gasteiger partial charge in [0.05, 0.1) is 13.1 Å². The molecular formula is C21H36FN5O. The lowest BCUT2D eigenvalue weighted by Crippen LogP contribution is -2.50. The Morgan fingerprint density at radius 1 is 1.11 bits per heavy atom. The lowest BCUT2D eigenvalue weighted by molar-refractivity contribution is 0.109. The summed E-state index contributed by atoms with van der Waals surface area (Å²) in [6, 6.07) is 6.52. The summed E-state index contributed by atoms with van der Waals surface area (Å²) < 4.78 is 18.8. The van der Waals surface area contributed by atoms with Crippen LogP contribution >= 0.6 is 0 Å². The molecule has 1 saturated heterocycles. The van der Waals surface area contributed by atoms with Gasteiger partial charge in [-0.25, -0.2) is 4.39 Å². The van der Waals surface area contributed by atoms with Crippen LogP contribution in [0.25, 0.3) is 0 Å². The van der Waals surface area contributed by atoms with E-state index in [2.05, 4.69) is 41.2 Å². The molecule has 0 bridgehead atoms. The molecule has 0 amide bonds. The minimum atomic E-state index is -0.259. The third-order valence-electron chi connectivity index (χ3n) is 5.04. The van der Waals surface area contributed by atoms with Gasteiger partial charge < -0.3 is 20.3 Å². The number of hydrogen-bond acceptors (Lipinski definition) is 4. The molecule has 7 heteroatoms. The van der Waals surface area contributed by atoms with Crippen molar-refractivity contribution in [3.8, 4) is 5.75 Å². The first-order chi connectivity index (χ1) is 13.5. The second-order valence-corrected chi connectivity index (χ2v) is 7.30. The van der Waals surface area contributed by atoms with Gasteiger partial charge in [-0.05, 0) is 51.6 Å². The smallest absolute Gasteiger partial charge is 0.191 e. The van der Waals surface area contributed by atoms with Crippen LogP contribution in [0, 0.1) is 5.82 Å². The topological polar surface area (TPSA) is 52.1 Å². The minimum absolute atomic E-state index is 0.0612.